The van der Waals surface area contributed by atoms with Crippen LogP contribution < -0.4 is 4.74 Å². The Morgan fingerprint density at radius 2 is 1.67 bits per heavy atom. The Hall–Kier alpha value is -2.33. The molecule has 1 N–H and O–H groups in total. The first-order chi connectivity index (χ1) is 12.6. The molecule has 4 nitrogen and oxygen atoms in total. The summed E-state index contributed by atoms with van der Waals surface area (Å²) in [5.74, 6) is -0.121. The Morgan fingerprint density at radius 3 is 2.22 bits per heavy atom. The molecule has 1 atom stereocenters. The maximum Gasteiger partial charge on any atom is 0.333 e. The van der Waals surface area contributed by atoms with Gasteiger partial charge in [-0.15, -0.1) is 0 Å². The molecule has 0 aliphatic rings. The van der Waals surface area contributed by atoms with Crippen molar-refractivity contribution >= 4 is 5.97 Å². The lowest BCUT2D eigenvalue weighted by Crippen LogP contribution is -2.29. The number of hydrogen-bond donors (Lipinski definition) is 1. The highest BCUT2D eigenvalue weighted by Crippen LogP contribution is 2.24. The van der Waals surface area contributed by atoms with Gasteiger partial charge in [-0.1, -0.05) is 57.2 Å². The first-order valence-electron chi connectivity index (χ1n) is 9.34. The molecule has 0 radical (unpaired) electrons. The second-order valence-electron chi connectivity index (χ2n) is 8.10. The zero-order valence-corrected chi connectivity index (χ0v) is 16.9. The minimum atomic E-state index is -0.940. The van der Waals surface area contributed by atoms with Gasteiger partial charge in [-0.05, 0) is 48.1 Å². The summed E-state index contributed by atoms with van der Waals surface area (Å²) in [5, 5.41) is 9.33. The second kappa shape index (κ2) is 9.05. The Balaban J connectivity index is 2.00. The first kappa shape index (κ1) is 21.0. The third kappa shape index (κ3) is 6.72. The Morgan fingerprint density at radius 1 is 1.04 bits per heavy atom. The molecular formula is C23H30O4. The second-order valence-corrected chi connectivity index (χ2v) is 8.10. The molecule has 2 aromatic rings. The van der Waals surface area contributed by atoms with Crippen molar-refractivity contribution in [1.82, 2.24) is 0 Å². The molecule has 1 unspecified atom stereocenters. The summed E-state index contributed by atoms with van der Waals surface area (Å²) in [4.78, 5) is 11.4. The molecule has 4 heteroatoms. The molecule has 2 aromatic carbocycles. The number of carboxylic acid groups (broad SMARTS) is 1. The van der Waals surface area contributed by atoms with Crippen LogP contribution in [0.15, 0.2) is 48.5 Å². The van der Waals surface area contributed by atoms with Crippen molar-refractivity contribution in [2.24, 2.45) is 0 Å². The third-order valence-corrected chi connectivity index (χ3v) is 4.25. The fourth-order valence-electron chi connectivity index (χ4n) is 2.80. The zero-order chi connectivity index (χ0) is 20.0. The lowest BCUT2D eigenvalue weighted by atomic mass is 9.87. The lowest BCUT2D eigenvalue weighted by molar-refractivity contribution is -0.153. The summed E-state index contributed by atoms with van der Waals surface area (Å²) in [6.07, 6.45) is -0.637. The Kier molecular flexibility index (Phi) is 7.03. The quantitative estimate of drug-likeness (QED) is 0.712. The van der Waals surface area contributed by atoms with Gasteiger partial charge in [0.2, 0.25) is 0 Å². The number of carbonyl (C=O) groups is 1. The van der Waals surface area contributed by atoms with Crippen molar-refractivity contribution in [1.29, 1.82) is 0 Å². The number of carboxylic acids is 1. The van der Waals surface area contributed by atoms with Crippen LogP contribution in [0.5, 0.6) is 5.75 Å². The van der Waals surface area contributed by atoms with Gasteiger partial charge in [-0.25, -0.2) is 4.79 Å². The fraction of sp³-hybridized carbons (Fsp3) is 0.435. The van der Waals surface area contributed by atoms with Crippen LogP contribution in [0.1, 0.15) is 51.3 Å². The van der Waals surface area contributed by atoms with E-state index >= 15 is 0 Å². The van der Waals surface area contributed by atoms with Crippen molar-refractivity contribution in [2.75, 3.05) is 0 Å². The molecule has 0 amide bonds. The van der Waals surface area contributed by atoms with Gasteiger partial charge in [0, 0.05) is 6.42 Å². The predicted molar refractivity (Wildman–Crippen MR) is 107 cm³/mol. The van der Waals surface area contributed by atoms with Gasteiger partial charge in [0.1, 0.15) is 12.4 Å². The zero-order valence-electron chi connectivity index (χ0n) is 16.9. The lowest BCUT2D eigenvalue weighted by Gasteiger charge is -2.19. The van der Waals surface area contributed by atoms with E-state index in [1.54, 1.807) is 0 Å². The summed E-state index contributed by atoms with van der Waals surface area (Å²) in [6, 6.07) is 15.9. The van der Waals surface area contributed by atoms with Crippen LogP contribution in [0, 0.1) is 0 Å². The fourth-order valence-corrected chi connectivity index (χ4v) is 2.80. The highest BCUT2D eigenvalue weighted by molar-refractivity contribution is 5.72. The van der Waals surface area contributed by atoms with Crippen LogP contribution in [0.3, 0.4) is 0 Å². The van der Waals surface area contributed by atoms with Crippen LogP contribution in [-0.4, -0.2) is 23.3 Å². The molecule has 27 heavy (non-hydrogen) atoms. The number of benzene rings is 2. The number of hydrogen-bond acceptors (Lipinski definition) is 3. The van der Waals surface area contributed by atoms with E-state index < -0.39 is 12.1 Å². The van der Waals surface area contributed by atoms with E-state index in [0.29, 0.717) is 13.0 Å². The van der Waals surface area contributed by atoms with Crippen LogP contribution in [-0.2, 0) is 28.0 Å². The Bertz CT molecular complexity index is 742. The summed E-state index contributed by atoms with van der Waals surface area (Å²) in [5.41, 5.74) is 3.31. The standard InChI is InChI=1S/C23H30O4/c1-16(2)27-21(22(24)25)14-17-7-6-8-18(13-17)15-26-20-11-9-19(10-12-20)23(3,4)5/h6-13,16,21H,14-15H2,1-5H3,(H,24,25). The van der Waals surface area contributed by atoms with Gasteiger partial charge >= 0.3 is 5.97 Å². The maximum absolute atomic E-state index is 11.4. The SMILES string of the molecule is CC(C)OC(Cc1cccc(COc2ccc(C(C)(C)C)cc2)c1)C(=O)O. The van der Waals surface area contributed by atoms with E-state index in [1.807, 2.05) is 50.2 Å². The normalized spacial score (nSPS) is 12.8. The number of ether oxygens (including phenoxy) is 2. The smallest absolute Gasteiger partial charge is 0.333 e. The monoisotopic (exact) mass is 370 g/mol. The van der Waals surface area contributed by atoms with Crippen LogP contribution >= 0.6 is 0 Å². The molecule has 0 aliphatic heterocycles. The van der Waals surface area contributed by atoms with E-state index in [2.05, 4.69) is 32.9 Å². The molecule has 0 saturated carbocycles. The van der Waals surface area contributed by atoms with E-state index in [1.165, 1.54) is 5.56 Å². The molecule has 0 saturated heterocycles. The molecule has 0 fully saturated rings. The summed E-state index contributed by atoms with van der Waals surface area (Å²) in [6.45, 7) is 10.7. The molecule has 2 rings (SSSR count). The van der Waals surface area contributed by atoms with E-state index in [-0.39, 0.29) is 11.5 Å². The summed E-state index contributed by atoms with van der Waals surface area (Å²) in [7, 11) is 0. The maximum atomic E-state index is 11.4. The molecule has 0 aliphatic carbocycles. The molecule has 146 valence electrons. The molecule has 0 bridgehead atoms. The predicted octanol–water partition coefficient (Wildman–Crippen LogP) is 4.98. The molecule has 0 heterocycles. The number of rotatable bonds is 8. The Labute approximate surface area is 162 Å². The van der Waals surface area contributed by atoms with Crippen molar-refractivity contribution in [2.45, 2.75) is 65.3 Å². The first-order valence-corrected chi connectivity index (χ1v) is 9.34. The van der Waals surface area contributed by atoms with Crippen molar-refractivity contribution in [3.63, 3.8) is 0 Å². The van der Waals surface area contributed by atoms with Gasteiger partial charge in [0.05, 0.1) is 6.10 Å². The van der Waals surface area contributed by atoms with Crippen molar-refractivity contribution < 1.29 is 19.4 Å². The third-order valence-electron chi connectivity index (χ3n) is 4.25. The topological polar surface area (TPSA) is 55.8 Å². The number of aliphatic carboxylic acids is 1. The minimum absolute atomic E-state index is 0.117. The van der Waals surface area contributed by atoms with E-state index in [9.17, 15) is 9.90 Å². The van der Waals surface area contributed by atoms with Crippen LogP contribution in [0.25, 0.3) is 0 Å². The average molecular weight is 370 g/mol. The van der Waals surface area contributed by atoms with Gasteiger partial charge in [-0.3, -0.25) is 0 Å². The highest BCUT2D eigenvalue weighted by atomic mass is 16.5. The average Bonchev–Trinajstić information content (AvgIpc) is 2.59. The van der Waals surface area contributed by atoms with Crippen LogP contribution in [0.4, 0.5) is 0 Å². The van der Waals surface area contributed by atoms with E-state index in [4.69, 9.17) is 9.47 Å². The van der Waals surface area contributed by atoms with Gasteiger partial charge < -0.3 is 14.6 Å². The van der Waals surface area contributed by atoms with Crippen LogP contribution in [0.2, 0.25) is 0 Å². The minimum Gasteiger partial charge on any atom is -0.489 e. The molecule has 0 aromatic heterocycles. The summed E-state index contributed by atoms with van der Waals surface area (Å²) >= 11 is 0. The molecular weight excluding hydrogens is 340 g/mol. The highest BCUT2D eigenvalue weighted by Gasteiger charge is 2.20. The van der Waals surface area contributed by atoms with Gasteiger partial charge in [0.15, 0.2) is 6.10 Å². The van der Waals surface area contributed by atoms with Crippen molar-refractivity contribution in [3.05, 3.63) is 65.2 Å². The van der Waals surface area contributed by atoms with Gasteiger partial charge in [-0.2, -0.15) is 0 Å². The summed E-state index contributed by atoms with van der Waals surface area (Å²) < 4.78 is 11.4. The van der Waals surface area contributed by atoms with E-state index in [0.717, 1.165) is 16.9 Å². The van der Waals surface area contributed by atoms with Crippen molar-refractivity contribution in [3.8, 4) is 5.75 Å². The largest absolute Gasteiger partial charge is 0.489 e. The van der Waals surface area contributed by atoms with Gasteiger partial charge in [0.25, 0.3) is 0 Å². The molecule has 0 spiro atoms.